The predicted molar refractivity (Wildman–Crippen MR) is 133 cm³/mol. The van der Waals surface area contributed by atoms with E-state index in [4.69, 9.17) is 10.5 Å². The number of nitrogens with one attached hydrogen (secondary N) is 1. The molecular weight excluding hydrogens is 438 g/mol. The van der Waals surface area contributed by atoms with Gasteiger partial charge in [-0.2, -0.15) is 5.10 Å². The summed E-state index contributed by atoms with van der Waals surface area (Å²) in [5, 5.41) is 7.43. The maximum absolute atomic E-state index is 13.2. The van der Waals surface area contributed by atoms with Crippen LogP contribution in [0, 0.1) is 13.8 Å². The van der Waals surface area contributed by atoms with Crippen LogP contribution in [0.1, 0.15) is 80.2 Å². The number of rotatable bonds is 5. The van der Waals surface area contributed by atoms with Crippen LogP contribution in [0.2, 0.25) is 0 Å². The van der Waals surface area contributed by atoms with Gasteiger partial charge in [0.1, 0.15) is 18.0 Å². The second-order valence-corrected chi connectivity index (χ2v) is 9.47. The van der Waals surface area contributed by atoms with Crippen LogP contribution in [-0.2, 0) is 11.3 Å². The maximum atomic E-state index is 13.2. The number of carbonyl (C=O) groups excluding carboxylic acids is 1. The zero-order valence-electron chi connectivity index (χ0n) is 19.9. The molecule has 1 unspecified atom stereocenters. The van der Waals surface area contributed by atoms with Crippen LogP contribution in [-0.4, -0.2) is 20.7 Å². The standard InChI is InChI=1S/C28H27N5O2/c1-15-11-24(29)31-16(2)25(15)17(3)32-28(34)19-6-8-21-23(13-19)27-20-7-5-18(12-22(20)26(21)35-27)14-33-10-4-9-30-33/h4-13,17,26-27H,14H2,1-3H3,(H2,29,31)(H,32,34)/t17?,26-,27-/m1/s1. The molecule has 0 saturated heterocycles. The summed E-state index contributed by atoms with van der Waals surface area (Å²) in [4.78, 5) is 17.5. The van der Waals surface area contributed by atoms with Crippen LogP contribution in [0.3, 0.4) is 0 Å². The van der Waals surface area contributed by atoms with Gasteiger partial charge in [0.05, 0.1) is 12.6 Å². The van der Waals surface area contributed by atoms with Crippen LogP contribution in [0.15, 0.2) is 60.9 Å². The van der Waals surface area contributed by atoms with Crippen molar-refractivity contribution < 1.29 is 9.53 Å². The Morgan fingerprint density at radius 1 is 1.09 bits per heavy atom. The van der Waals surface area contributed by atoms with Gasteiger partial charge in [-0.05, 0) is 84.0 Å². The van der Waals surface area contributed by atoms with Crippen LogP contribution in [0.4, 0.5) is 5.82 Å². The molecule has 2 aromatic heterocycles. The molecule has 3 N–H and O–H groups in total. The average molecular weight is 466 g/mol. The van der Waals surface area contributed by atoms with Crippen LogP contribution in [0.5, 0.6) is 0 Å². The molecule has 6 rings (SSSR count). The average Bonchev–Trinajstić information content (AvgIpc) is 3.54. The molecule has 2 aliphatic heterocycles. The molecule has 35 heavy (non-hydrogen) atoms. The number of pyridine rings is 1. The fourth-order valence-electron chi connectivity index (χ4n) is 5.59. The lowest BCUT2D eigenvalue weighted by Gasteiger charge is -2.20. The highest BCUT2D eigenvalue weighted by Crippen LogP contribution is 2.54. The molecule has 2 bridgehead atoms. The number of amides is 1. The van der Waals surface area contributed by atoms with E-state index >= 15 is 0 Å². The van der Waals surface area contributed by atoms with E-state index < -0.39 is 0 Å². The predicted octanol–water partition coefficient (Wildman–Crippen LogP) is 4.54. The van der Waals surface area contributed by atoms with E-state index in [1.807, 2.05) is 62.0 Å². The number of nitrogens with zero attached hydrogens (tertiary/aromatic N) is 3. The minimum absolute atomic E-state index is 0.0928. The van der Waals surface area contributed by atoms with Crippen molar-refractivity contribution in [3.8, 4) is 0 Å². The number of benzene rings is 2. The Labute approximate surface area is 204 Å². The molecule has 0 aliphatic carbocycles. The van der Waals surface area contributed by atoms with Gasteiger partial charge in [-0.3, -0.25) is 9.48 Å². The van der Waals surface area contributed by atoms with E-state index in [-0.39, 0.29) is 24.2 Å². The van der Waals surface area contributed by atoms with Gasteiger partial charge in [0.2, 0.25) is 0 Å². The lowest BCUT2D eigenvalue weighted by atomic mass is 9.84. The molecule has 4 heterocycles. The van der Waals surface area contributed by atoms with Crippen molar-refractivity contribution in [2.45, 2.75) is 45.6 Å². The van der Waals surface area contributed by atoms with E-state index in [1.54, 1.807) is 6.20 Å². The Balaban J connectivity index is 1.23. The highest BCUT2D eigenvalue weighted by molar-refractivity contribution is 5.95. The third-order valence-electron chi connectivity index (χ3n) is 7.06. The highest BCUT2D eigenvalue weighted by atomic mass is 16.5. The topological polar surface area (TPSA) is 95.1 Å². The van der Waals surface area contributed by atoms with E-state index in [0.29, 0.717) is 11.4 Å². The Kier molecular flexibility index (Phi) is 4.96. The number of nitrogens with two attached hydrogens (primary N) is 1. The van der Waals surface area contributed by atoms with Gasteiger partial charge in [0.15, 0.2) is 0 Å². The quantitative estimate of drug-likeness (QED) is 0.451. The fraction of sp³-hybridized carbons (Fsp3) is 0.250. The molecule has 2 aromatic carbocycles. The summed E-state index contributed by atoms with van der Waals surface area (Å²) in [6, 6.07) is 16.0. The molecule has 176 valence electrons. The number of hydrogen-bond donors (Lipinski definition) is 2. The molecule has 2 aliphatic rings. The zero-order chi connectivity index (χ0) is 24.3. The van der Waals surface area contributed by atoms with Crippen molar-refractivity contribution >= 4 is 11.7 Å². The number of carbonyl (C=O) groups is 1. The van der Waals surface area contributed by atoms with Crippen LogP contribution in [0.25, 0.3) is 0 Å². The van der Waals surface area contributed by atoms with Crippen LogP contribution >= 0.6 is 0 Å². The molecule has 7 nitrogen and oxygen atoms in total. The smallest absolute Gasteiger partial charge is 0.251 e. The monoisotopic (exact) mass is 465 g/mol. The summed E-state index contributed by atoms with van der Waals surface area (Å²) in [7, 11) is 0. The van der Waals surface area contributed by atoms with E-state index in [2.05, 4.69) is 33.6 Å². The van der Waals surface area contributed by atoms with Crippen molar-refractivity contribution in [2.75, 3.05) is 5.73 Å². The number of aromatic nitrogens is 3. The van der Waals surface area contributed by atoms with E-state index in [0.717, 1.165) is 34.5 Å². The first-order valence-electron chi connectivity index (χ1n) is 11.8. The van der Waals surface area contributed by atoms with Crippen molar-refractivity contribution in [1.82, 2.24) is 20.1 Å². The molecule has 0 fully saturated rings. The second-order valence-electron chi connectivity index (χ2n) is 9.47. The first kappa shape index (κ1) is 21.6. The third-order valence-corrected chi connectivity index (χ3v) is 7.06. The van der Waals surface area contributed by atoms with Gasteiger partial charge >= 0.3 is 0 Å². The Bertz CT molecular complexity index is 1440. The number of nitrogen functional groups attached to an aromatic ring is 1. The van der Waals surface area contributed by atoms with Gasteiger partial charge < -0.3 is 15.8 Å². The molecule has 0 saturated carbocycles. The first-order chi connectivity index (χ1) is 16.9. The van der Waals surface area contributed by atoms with Crippen molar-refractivity contribution in [3.05, 3.63) is 111 Å². The maximum Gasteiger partial charge on any atom is 0.251 e. The SMILES string of the molecule is Cc1cc(N)nc(C)c1C(C)NC(=O)c1ccc2c(c1)[C@@H]1O[C@H]2c2cc(Cn3cccn3)ccc21. The number of ether oxygens (including phenoxy) is 1. The van der Waals surface area contributed by atoms with Gasteiger partial charge in [-0.25, -0.2) is 4.98 Å². The summed E-state index contributed by atoms with van der Waals surface area (Å²) in [6.45, 7) is 6.61. The minimum atomic E-state index is -0.189. The first-order valence-corrected chi connectivity index (χ1v) is 11.8. The number of hydrogen-bond acceptors (Lipinski definition) is 5. The molecular formula is C28H27N5O2. The van der Waals surface area contributed by atoms with Crippen molar-refractivity contribution in [2.24, 2.45) is 0 Å². The molecule has 7 heteroatoms. The fourth-order valence-corrected chi connectivity index (χ4v) is 5.59. The number of anilines is 1. The molecule has 3 atom stereocenters. The van der Waals surface area contributed by atoms with E-state index in [9.17, 15) is 4.79 Å². The normalized spacial score (nSPS) is 18.3. The summed E-state index contributed by atoms with van der Waals surface area (Å²) < 4.78 is 8.27. The lowest BCUT2D eigenvalue weighted by Crippen LogP contribution is -2.28. The highest BCUT2D eigenvalue weighted by Gasteiger charge is 2.43. The molecule has 1 amide bonds. The Hall–Kier alpha value is -3.97. The number of fused-ring (bicyclic) bond motifs is 8. The summed E-state index contributed by atoms with van der Waals surface area (Å²) in [5.74, 6) is 0.373. The largest absolute Gasteiger partial charge is 0.384 e. The van der Waals surface area contributed by atoms with Gasteiger partial charge in [0.25, 0.3) is 5.91 Å². The minimum Gasteiger partial charge on any atom is -0.384 e. The Morgan fingerprint density at radius 2 is 1.83 bits per heavy atom. The van der Waals surface area contributed by atoms with Gasteiger partial charge in [-0.1, -0.05) is 24.3 Å². The van der Waals surface area contributed by atoms with Gasteiger partial charge in [-0.15, -0.1) is 0 Å². The van der Waals surface area contributed by atoms with Gasteiger partial charge in [0, 0.05) is 23.7 Å². The molecule has 4 aromatic rings. The lowest BCUT2D eigenvalue weighted by molar-refractivity contribution is 0.0857. The van der Waals surface area contributed by atoms with Crippen molar-refractivity contribution in [3.63, 3.8) is 0 Å². The molecule has 0 spiro atoms. The summed E-state index contributed by atoms with van der Waals surface area (Å²) in [5.41, 5.74) is 15.1. The zero-order valence-corrected chi connectivity index (χ0v) is 19.9. The third kappa shape index (κ3) is 3.59. The Morgan fingerprint density at radius 3 is 2.54 bits per heavy atom. The van der Waals surface area contributed by atoms with E-state index in [1.165, 1.54) is 16.7 Å². The molecule has 0 radical (unpaired) electrons. The second kappa shape index (κ2) is 8.06. The number of aryl methyl sites for hydroxylation is 2. The van der Waals surface area contributed by atoms with Crippen molar-refractivity contribution in [1.29, 1.82) is 0 Å². The summed E-state index contributed by atoms with van der Waals surface area (Å²) in [6.07, 6.45) is 3.52. The van der Waals surface area contributed by atoms with Crippen LogP contribution < -0.4 is 11.1 Å². The summed E-state index contributed by atoms with van der Waals surface area (Å²) >= 11 is 0.